The van der Waals surface area contributed by atoms with E-state index in [2.05, 4.69) is 18.3 Å². The summed E-state index contributed by atoms with van der Waals surface area (Å²) in [6.07, 6.45) is 0. The molecule has 1 aromatic rings. The predicted octanol–water partition coefficient (Wildman–Crippen LogP) is 2.43. The molecule has 3 heteroatoms. The van der Waals surface area contributed by atoms with Gasteiger partial charge in [0.1, 0.15) is 12.4 Å². The number of hydrogen-bond acceptors (Lipinski definition) is 3. The van der Waals surface area contributed by atoms with Crippen molar-refractivity contribution in [3.05, 3.63) is 29.3 Å². The Balaban J connectivity index is 2.76. The summed E-state index contributed by atoms with van der Waals surface area (Å²) in [4.78, 5) is 0. The molecule has 3 nitrogen and oxygen atoms in total. The van der Waals surface area contributed by atoms with Gasteiger partial charge in [0.15, 0.2) is 0 Å². The Morgan fingerprint density at radius 2 is 2.06 bits per heavy atom. The van der Waals surface area contributed by atoms with Gasteiger partial charge in [-0.05, 0) is 51.9 Å². The molecule has 0 amide bonds. The minimum atomic E-state index is -0.802. The van der Waals surface area contributed by atoms with Gasteiger partial charge in [0.25, 0.3) is 0 Å². The fraction of sp³-hybridized carbons (Fsp3) is 0.571. The molecule has 1 rings (SSSR count). The number of aryl methyl sites for hydroxylation is 1. The molecule has 0 spiro atoms. The van der Waals surface area contributed by atoms with E-state index in [4.69, 9.17) is 4.74 Å². The lowest BCUT2D eigenvalue weighted by Crippen LogP contribution is -2.28. The quantitative estimate of drug-likeness (QED) is 0.826. The van der Waals surface area contributed by atoms with Gasteiger partial charge in [-0.3, -0.25) is 0 Å². The molecule has 0 aliphatic rings. The van der Waals surface area contributed by atoms with Crippen LogP contribution in [-0.2, 0) is 0 Å². The van der Waals surface area contributed by atoms with Gasteiger partial charge in [-0.25, -0.2) is 0 Å². The van der Waals surface area contributed by atoms with Gasteiger partial charge in [0.05, 0.1) is 5.60 Å². The Hall–Kier alpha value is -1.06. The van der Waals surface area contributed by atoms with Crippen LogP contribution in [0.1, 0.15) is 37.9 Å². The van der Waals surface area contributed by atoms with Crippen LogP contribution < -0.4 is 10.1 Å². The molecule has 2 N–H and O–H groups in total. The van der Waals surface area contributed by atoms with Gasteiger partial charge in [-0.1, -0.05) is 12.1 Å². The highest BCUT2D eigenvalue weighted by Gasteiger charge is 2.14. The van der Waals surface area contributed by atoms with Crippen LogP contribution in [0.3, 0.4) is 0 Å². The van der Waals surface area contributed by atoms with E-state index in [9.17, 15) is 5.11 Å². The largest absolute Gasteiger partial charge is 0.490 e. The van der Waals surface area contributed by atoms with E-state index in [-0.39, 0.29) is 0 Å². The minimum Gasteiger partial charge on any atom is -0.490 e. The SMILES string of the molecule is CNC(C)c1ccc(OCC(C)(C)O)c(C)c1. The van der Waals surface area contributed by atoms with Crippen molar-refractivity contribution in [3.63, 3.8) is 0 Å². The molecular weight excluding hydrogens is 214 g/mol. The van der Waals surface area contributed by atoms with Gasteiger partial charge >= 0.3 is 0 Å². The van der Waals surface area contributed by atoms with Crippen LogP contribution in [0.2, 0.25) is 0 Å². The first-order chi connectivity index (χ1) is 7.83. The fourth-order valence-electron chi connectivity index (χ4n) is 1.52. The van der Waals surface area contributed by atoms with Gasteiger partial charge < -0.3 is 15.2 Å². The van der Waals surface area contributed by atoms with Crippen LogP contribution >= 0.6 is 0 Å². The summed E-state index contributed by atoms with van der Waals surface area (Å²) in [6.45, 7) is 7.91. The lowest BCUT2D eigenvalue weighted by molar-refractivity contribution is 0.0282. The average molecular weight is 237 g/mol. The molecule has 17 heavy (non-hydrogen) atoms. The first kappa shape index (κ1) is 14.0. The van der Waals surface area contributed by atoms with E-state index in [0.717, 1.165) is 11.3 Å². The summed E-state index contributed by atoms with van der Waals surface area (Å²) in [5, 5.41) is 12.8. The van der Waals surface area contributed by atoms with E-state index in [1.165, 1.54) is 5.56 Å². The van der Waals surface area contributed by atoms with Gasteiger partial charge in [0, 0.05) is 6.04 Å². The van der Waals surface area contributed by atoms with E-state index >= 15 is 0 Å². The van der Waals surface area contributed by atoms with Crippen LogP contribution in [0.15, 0.2) is 18.2 Å². The molecule has 96 valence electrons. The molecule has 0 fully saturated rings. The number of hydrogen-bond donors (Lipinski definition) is 2. The average Bonchev–Trinajstić information content (AvgIpc) is 2.25. The Labute approximate surface area is 104 Å². The molecule has 0 saturated carbocycles. The van der Waals surface area contributed by atoms with Crippen molar-refractivity contribution in [2.45, 2.75) is 39.3 Å². The van der Waals surface area contributed by atoms with Gasteiger partial charge in [0.2, 0.25) is 0 Å². The van der Waals surface area contributed by atoms with Crippen molar-refractivity contribution in [1.82, 2.24) is 5.32 Å². The molecule has 0 radical (unpaired) electrons. The van der Waals surface area contributed by atoms with Crippen molar-refractivity contribution in [3.8, 4) is 5.75 Å². The summed E-state index contributed by atoms with van der Waals surface area (Å²) in [5.74, 6) is 0.833. The van der Waals surface area contributed by atoms with Crippen LogP contribution in [0.4, 0.5) is 0 Å². The predicted molar refractivity (Wildman–Crippen MR) is 70.4 cm³/mol. The second-order valence-electron chi connectivity index (χ2n) is 5.14. The molecule has 1 atom stereocenters. The Morgan fingerprint density at radius 3 is 2.53 bits per heavy atom. The Bertz CT molecular complexity index is 369. The molecule has 0 bridgehead atoms. The summed E-state index contributed by atoms with van der Waals surface area (Å²) in [5.41, 5.74) is 1.53. The summed E-state index contributed by atoms with van der Waals surface area (Å²) in [6, 6.07) is 6.45. The van der Waals surface area contributed by atoms with Crippen LogP contribution in [0.25, 0.3) is 0 Å². The van der Waals surface area contributed by atoms with Crippen LogP contribution in [0, 0.1) is 6.92 Å². The zero-order chi connectivity index (χ0) is 13.1. The highest BCUT2D eigenvalue weighted by Crippen LogP contribution is 2.23. The van der Waals surface area contributed by atoms with Crippen molar-refractivity contribution < 1.29 is 9.84 Å². The van der Waals surface area contributed by atoms with E-state index in [1.54, 1.807) is 13.8 Å². The molecule has 0 aromatic heterocycles. The fourth-order valence-corrected chi connectivity index (χ4v) is 1.52. The number of nitrogens with one attached hydrogen (secondary N) is 1. The maximum atomic E-state index is 9.62. The smallest absolute Gasteiger partial charge is 0.122 e. The summed E-state index contributed by atoms with van der Waals surface area (Å²) in [7, 11) is 1.94. The lowest BCUT2D eigenvalue weighted by atomic mass is 10.1. The van der Waals surface area contributed by atoms with Crippen molar-refractivity contribution in [2.75, 3.05) is 13.7 Å². The van der Waals surface area contributed by atoms with Gasteiger partial charge in [-0.15, -0.1) is 0 Å². The third-order valence-corrected chi connectivity index (χ3v) is 2.71. The molecule has 1 unspecified atom stereocenters. The van der Waals surface area contributed by atoms with E-state index < -0.39 is 5.60 Å². The monoisotopic (exact) mass is 237 g/mol. The normalized spacial score (nSPS) is 13.5. The third-order valence-electron chi connectivity index (χ3n) is 2.71. The molecule has 0 heterocycles. The molecular formula is C14H23NO2. The minimum absolute atomic E-state index is 0.300. The van der Waals surface area contributed by atoms with Crippen LogP contribution in [-0.4, -0.2) is 24.4 Å². The van der Waals surface area contributed by atoms with Crippen molar-refractivity contribution >= 4 is 0 Å². The second-order valence-corrected chi connectivity index (χ2v) is 5.14. The maximum Gasteiger partial charge on any atom is 0.122 e. The highest BCUT2D eigenvalue weighted by molar-refractivity contribution is 5.37. The number of ether oxygens (including phenoxy) is 1. The number of benzene rings is 1. The zero-order valence-corrected chi connectivity index (χ0v) is 11.4. The maximum absolute atomic E-state index is 9.62. The highest BCUT2D eigenvalue weighted by atomic mass is 16.5. The Morgan fingerprint density at radius 1 is 1.41 bits per heavy atom. The van der Waals surface area contributed by atoms with Crippen LogP contribution in [0.5, 0.6) is 5.75 Å². The second kappa shape index (κ2) is 5.52. The molecule has 1 aromatic carbocycles. The summed E-state index contributed by atoms with van der Waals surface area (Å²) >= 11 is 0. The number of aliphatic hydroxyl groups is 1. The summed E-state index contributed by atoms with van der Waals surface area (Å²) < 4.78 is 5.60. The molecule has 0 aliphatic heterocycles. The van der Waals surface area contributed by atoms with Gasteiger partial charge in [-0.2, -0.15) is 0 Å². The standard InChI is InChI=1S/C14H23NO2/c1-10-8-12(11(2)15-5)6-7-13(10)17-9-14(3,4)16/h6-8,11,15-16H,9H2,1-5H3. The van der Waals surface area contributed by atoms with E-state index in [1.807, 2.05) is 26.1 Å². The van der Waals surface area contributed by atoms with E-state index in [0.29, 0.717) is 12.6 Å². The topological polar surface area (TPSA) is 41.5 Å². The first-order valence-electron chi connectivity index (χ1n) is 5.96. The number of rotatable bonds is 5. The zero-order valence-electron chi connectivity index (χ0n) is 11.4. The first-order valence-corrected chi connectivity index (χ1v) is 5.96. The lowest BCUT2D eigenvalue weighted by Gasteiger charge is -2.19. The molecule has 0 saturated heterocycles. The Kier molecular flexibility index (Phi) is 4.54. The third kappa shape index (κ3) is 4.36. The van der Waals surface area contributed by atoms with Crippen molar-refractivity contribution in [2.24, 2.45) is 0 Å². The molecule has 0 aliphatic carbocycles. The van der Waals surface area contributed by atoms with Crippen molar-refractivity contribution in [1.29, 1.82) is 0 Å².